The lowest BCUT2D eigenvalue weighted by Gasteiger charge is -2.24. The summed E-state index contributed by atoms with van der Waals surface area (Å²) in [6.07, 6.45) is 1.69. The summed E-state index contributed by atoms with van der Waals surface area (Å²) in [5, 5.41) is 1.16. The normalized spacial score (nSPS) is 15.6. The van der Waals surface area contributed by atoms with Gasteiger partial charge in [0.25, 0.3) is 0 Å². The lowest BCUT2D eigenvalue weighted by molar-refractivity contribution is 0.681. The van der Waals surface area contributed by atoms with Crippen molar-refractivity contribution in [2.45, 2.75) is 29.6 Å². The summed E-state index contributed by atoms with van der Waals surface area (Å²) in [5.74, 6) is 0.347. The fraction of sp³-hybridized carbons (Fsp3) is 0.143. The molecule has 128 valence electrons. The van der Waals surface area contributed by atoms with Gasteiger partial charge in [0.2, 0.25) is 0 Å². The number of rotatable bonds is 1. The van der Waals surface area contributed by atoms with Crippen LogP contribution in [0.25, 0.3) is 27.6 Å². The molecule has 0 fully saturated rings. The standard InChI is InChI=1S/C21H16N2O2S/c1-12(2)13-8-9-17-16(11-13)23-19-14(5-3-7-18(19)26(17)25)20(24)15-6-4-10-22-21(15)23/h3-12H,1-2H3. The Morgan fingerprint density at radius 2 is 1.81 bits per heavy atom. The molecule has 0 N–H and O–H groups in total. The molecule has 5 rings (SSSR count). The molecule has 2 aromatic carbocycles. The fourth-order valence-electron chi connectivity index (χ4n) is 3.67. The van der Waals surface area contributed by atoms with Crippen molar-refractivity contribution in [1.29, 1.82) is 0 Å². The molecule has 0 aliphatic carbocycles. The average molecular weight is 360 g/mol. The molecule has 4 aromatic rings. The van der Waals surface area contributed by atoms with Crippen LogP contribution >= 0.6 is 0 Å². The van der Waals surface area contributed by atoms with Crippen molar-refractivity contribution >= 4 is 32.7 Å². The molecular formula is C21H16N2O2S. The lowest BCUT2D eigenvalue weighted by Crippen LogP contribution is -2.18. The molecule has 26 heavy (non-hydrogen) atoms. The Bertz CT molecular complexity index is 1300. The summed E-state index contributed by atoms with van der Waals surface area (Å²) < 4.78 is 15.2. The third kappa shape index (κ3) is 1.92. The Kier molecular flexibility index (Phi) is 3.18. The first-order valence-corrected chi connectivity index (χ1v) is 9.71. The van der Waals surface area contributed by atoms with Gasteiger partial charge in [-0.2, -0.15) is 0 Å². The van der Waals surface area contributed by atoms with Gasteiger partial charge in [0, 0.05) is 11.6 Å². The molecule has 1 aliphatic rings. The number of nitrogens with zero attached hydrogens (tertiary/aromatic N) is 2. The van der Waals surface area contributed by atoms with Crippen molar-refractivity contribution in [3.63, 3.8) is 0 Å². The number of benzene rings is 2. The number of pyridine rings is 2. The topological polar surface area (TPSA) is 52.0 Å². The van der Waals surface area contributed by atoms with Gasteiger partial charge in [-0.25, -0.2) is 9.19 Å². The van der Waals surface area contributed by atoms with Gasteiger partial charge in [0.1, 0.15) is 5.65 Å². The Morgan fingerprint density at radius 3 is 2.62 bits per heavy atom. The van der Waals surface area contributed by atoms with Gasteiger partial charge < -0.3 is 0 Å². The first-order valence-electron chi connectivity index (χ1n) is 8.56. The molecule has 1 unspecified atom stereocenters. The van der Waals surface area contributed by atoms with Crippen LogP contribution in [0, 0.1) is 0 Å². The Morgan fingerprint density at radius 1 is 1.00 bits per heavy atom. The van der Waals surface area contributed by atoms with Crippen LogP contribution in [0.2, 0.25) is 0 Å². The van der Waals surface area contributed by atoms with E-state index >= 15 is 0 Å². The molecule has 1 atom stereocenters. The molecule has 4 nitrogen and oxygen atoms in total. The Labute approximate surface area is 152 Å². The highest BCUT2D eigenvalue weighted by molar-refractivity contribution is 7.85. The second-order valence-electron chi connectivity index (χ2n) is 6.84. The summed E-state index contributed by atoms with van der Waals surface area (Å²) in [6, 6.07) is 15.1. The maximum absolute atomic E-state index is 13.2. The second kappa shape index (κ2) is 5.35. The third-order valence-corrected chi connectivity index (χ3v) is 6.47. The zero-order valence-electron chi connectivity index (χ0n) is 14.4. The molecule has 5 heteroatoms. The molecule has 1 aliphatic heterocycles. The highest BCUT2D eigenvalue weighted by Crippen LogP contribution is 2.37. The van der Waals surface area contributed by atoms with Crippen LogP contribution in [0.4, 0.5) is 0 Å². The van der Waals surface area contributed by atoms with E-state index in [-0.39, 0.29) is 5.43 Å². The van der Waals surface area contributed by atoms with Crippen LogP contribution in [0.15, 0.2) is 69.3 Å². The van der Waals surface area contributed by atoms with Crippen molar-refractivity contribution < 1.29 is 4.21 Å². The molecule has 0 saturated heterocycles. The molecular weight excluding hydrogens is 344 g/mol. The molecule has 0 radical (unpaired) electrons. The van der Waals surface area contributed by atoms with Crippen LogP contribution in [-0.2, 0) is 10.8 Å². The van der Waals surface area contributed by atoms with Gasteiger partial charge in [-0.15, -0.1) is 0 Å². The van der Waals surface area contributed by atoms with E-state index in [1.165, 1.54) is 0 Å². The van der Waals surface area contributed by atoms with Crippen molar-refractivity contribution in [1.82, 2.24) is 9.55 Å². The number of fused-ring (bicyclic) bond motifs is 4. The van der Waals surface area contributed by atoms with E-state index in [4.69, 9.17) is 0 Å². The zero-order valence-corrected chi connectivity index (χ0v) is 15.2. The molecule has 0 amide bonds. The minimum atomic E-state index is -1.32. The minimum absolute atomic E-state index is 0.0679. The number of para-hydroxylation sites is 1. The van der Waals surface area contributed by atoms with Gasteiger partial charge in [-0.1, -0.05) is 26.0 Å². The summed E-state index contributed by atoms with van der Waals surface area (Å²) in [4.78, 5) is 18.9. The molecule has 0 spiro atoms. The summed E-state index contributed by atoms with van der Waals surface area (Å²) in [7, 11) is -1.32. The number of hydrogen-bond donors (Lipinski definition) is 0. The molecule has 0 saturated carbocycles. The van der Waals surface area contributed by atoms with Gasteiger partial charge in [-0.05, 0) is 47.9 Å². The van der Waals surface area contributed by atoms with Crippen LogP contribution in [0.1, 0.15) is 25.3 Å². The summed E-state index contributed by atoms with van der Waals surface area (Å²) in [6.45, 7) is 4.26. The smallest absolute Gasteiger partial charge is 0.198 e. The SMILES string of the molecule is CC(C)c1ccc2c(c1)-n1c3ncccc3c(=O)c3cccc(c31)S2=O. The van der Waals surface area contributed by atoms with Crippen molar-refractivity contribution in [2.24, 2.45) is 0 Å². The van der Waals surface area contributed by atoms with E-state index in [0.29, 0.717) is 32.7 Å². The number of aromatic nitrogens is 2. The van der Waals surface area contributed by atoms with Crippen LogP contribution < -0.4 is 5.43 Å². The molecule has 3 heterocycles. The van der Waals surface area contributed by atoms with E-state index in [0.717, 1.165) is 16.1 Å². The van der Waals surface area contributed by atoms with E-state index in [1.807, 2.05) is 22.8 Å². The maximum atomic E-state index is 13.2. The molecule has 2 aromatic heterocycles. The maximum Gasteiger partial charge on any atom is 0.198 e. The van der Waals surface area contributed by atoms with Crippen LogP contribution in [0.5, 0.6) is 0 Å². The first kappa shape index (κ1) is 15.5. The number of hydrogen-bond acceptors (Lipinski definition) is 3. The quantitative estimate of drug-likeness (QED) is 0.422. The third-order valence-electron chi connectivity index (χ3n) is 5.00. The van der Waals surface area contributed by atoms with Gasteiger partial charge in [0.05, 0.1) is 37.2 Å². The van der Waals surface area contributed by atoms with E-state index < -0.39 is 10.8 Å². The van der Waals surface area contributed by atoms with Crippen LogP contribution in [-0.4, -0.2) is 13.8 Å². The fourth-order valence-corrected chi connectivity index (χ4v) is 5.01. The Hall–Kier alpha value is -2.79. The largest absolute Gasteiger partial charge is 0.291 e. The van der Waals surface area contributed by atoms with Gasteiger partial charge >= 0.3 is 0 Å². The van der Waals surface area contributed by atoms with Crippen LogP contribution in [0.3, 0.4) is 0 Å². The monoisotopic (exact) mass is 360 g/mol. The highest BCUT2D eigenvalue weighted by Gasteiger charge is 2.27. The first-order chi connectivity index (χ1) is 12.6. The van der Waals surface area contributed by atoms with Crippen molar-refractivity contribution in [3.05, 3.63) is 70.5 Å². The minimum Gasteiger partial charge on any atom is -0.291 e. The van der Waals surface area contributed by atoms with Gasteiger partial charge in [0.15, 0.2) is 5.43 Å². The summed E-state index contributed by atoms with van der Waals surface area (Å²) in [5.41, 5.74) is 3.26. The Balaban J connectivity index is 2.09. The second-order valence-corrected chi connectivity index (χ2v) is 8.26. The predicted octanol–water partition coefficient (Wildman–Crippen LogP) is 4.14. The average Bonchev–Trinajstić information content (AvgIpc) is 2.67. The zero-order chi connectivity index (χ0) is 18.0. The van der Waals surface area contributed by atoms with Crippen molar-refractivity contribution in [3.8, 4) is 5.69 Å². The molecule has 0 bridgehead atoms. The van der Waals surface area contributed by atoms with E-state index in [2.05, 4.69) is 24.9 Å². The van der Waals surface area contributed by atoms with Gasteiger partial charge in [-0.3, -0.25) is 9.36 Å². The summed E-state index contributed by atoms with van der Waals surface area (Å²) >= 11 is 0. The predicted molar refractivity (Wildman–Crippen MR) is 104 cm³/mol. The van der Waals surface area contributed by atoms with E-state index in [9.17, 15) is 9.00 Å². The lowest BCUT2D eigenvalue weighted by atomic mass is 10.0. The van der Waals surface area contributed by atoms with Crippen molar-refractivity contribution in [2.75, 3.05) is 0 Å². The highest BCUT2D eigenvalue weighted by atomic mass is 32.2. The van der Waals surface area contributed by atoms with E-state index in [1.54, 1.807) is 30.5 Å².